The van der Waals surface area contributed by atoms with Gasteiger partial charge in [-0.15, -0.1) is 0 Å². The van der Waals surface area contributed by atoms with Crippen molar-refractivity contribution in [1.29, 1.82) is 0 Å². The van der Waals surface area contributed by atoms with E-state index < -0.39 is 0 Å². The molecule has 0 spiro atoms. The summed E-state index contributed by atoms with van der Waals surface area (Å²) in [6.45, 7) is 6.20. The highest BCUT2D eigenvalue weighted by molar-refractivity contribution is 5.92. The Morgan fingerprint density at radius 1 is 1.11 bits per heavy atom. The second kappa shape index (κ2) is 7.77. The first-order chi connectivity index (χ1) is 12.9. The first-order valence-corrected chi connectivity index (χ1v) is 9.11. The monoisotopic (exact) mass is 371 g/mol. The molecule has 8 nitrogen and oxygen atoms in total. The van der Waals surface area contributed by atoms with E-state index >= 15 is 0 Å². The Bertz CT molecular complexity index is 894. The Hall–Kier alpha value is -2.90. The predicted octanol–water partition coefficient (Wildman–Crippen LogP) is 0.642. The molecule has 144 valence electrons. The molecule has 2 aromatic heterocycles. The molecule has 1 saturated heterocycles. The Kier molecular flexibility index (Phi) is 5.43. The zero-order valence-corrected chi connectivity index (χ0v) is 16.0. The van der Waals surface area contributed by atoms with E-state index in [1.165, 1.54) is 12.1 Å². The molecule has 3 rings (SSSR count). The van der Waals surface area contributed by atoms with Crippen LogP contribution < -0.4 is 5.56 Å². The second-order valence-corrected chi connectivity index (χ2v) is 6.97. The zero-order valence-electron chi connectivity index (χ0n) is 16.0. The Labute approximate surface area is 157 Å². The predicted molar refractivity (Wildman–Crippen MR) is 101 cm³/mol. The molecule has 1 fully saturated rings. The van der Waals surface area contributed by atoms with Crippen LogP contribution >= 0.6 is 0 Å². The summed E-state index contributed by atoms with van der Waals surface area (Å²) in [4.78, 5) is 39.9. The molecule has 1 aliphatic heterocycles. The van der Waals surface area contributed by atoms with Gasteiger partial charge in [0.25, 0.3) is 11.5 Å². The molecule has 0 radical (unpaired) electrons. The van der Waals surface area contributed by atoms with Crippen LogP contribution in [-0.4, -0.2) is 62.6 Å². The van der Waals surface area contributed by atoms with E-state index in [4.69, 9.17) is 0 Å². The topological polar surface area (TPSA) is 91.3 Å². The van der Waals surface area contributed by atoms with Gasteiger partial charge < -0.3 is 14.4 Å². The summed E-state index contributed by atoms with van der Waals surface area (Å²) < 4.78 is 2.09. The number of H-pyrrole nitrogens is 1. The number of aromatic nitrogens is 3. The van der Waals surface area contributed by atoms with Crippen molar-refractivity contribution in [2.75, 3.05) is 26.2 Å². The molecule has 27 heavy (non-hydrogen) atoms. The SMILES string of the molecule is Cc1cc(CC(=O)N2CCCN(C(=O)c3ccc(=O)[nH]n3)CC2)c(C)n1C. The number of aryl methyl sites for hydroxylation is 1. The first kappa shape index (κ1) is 18.9. The number of hydrogen-bond acceptors (Lipinski definition) is 4. The highest BCUT2D eigenvalue weighted by Crippen LogP contribution is 2.16. The lowest BCUT2D eigenvalue weighted by Crippen LogP contribution is -2.38. The van der Waals surface area contributed by atoms with Gasteiger partial charge in [0.05, 0.1) is 6.42 Å². The summed E-state index contributed by atoms with van der Waals surface area (Å²) in [5.74, 6) is -0.143. The molecule has 8 heteroatoms. The molecule has 2 amide bonds. The summed E-state index contributed by atoms with van der Waals surface area (Å²) in [5.41, 5.74) is 3.16. The standard InChI is InChI=1S/C19H25N5O3/c1-13-11-15(14(2)22(13)3)12-18(26)23-7-4-8-24(10-9-23)19(27)16-5-6-17(25)21-20-16/h5-6,11H,4,7-10,12H2,1-3H3,(H,21,25). The summed E-state index contributed by atoms with van der Waals surface area (Å²) in [7, 11) is 2.00. The molecule has 3 heterocycles. The van der Waals surface area contributed by atoms with Crippen LogP contribution in [0, 0.1) is 13.8 Å². The molecule has 1 aliphatic rings. The summed E-state index contributed by atoms with van der Waals surface area (Å²) in [6.07, 6.45) is 1.09. The number of rotatable bonds is 3. The zero-order chi connectivity index (χ0) is 19.6. The van der Waals surface area contributed by atoms with Crippen LogP contribution in [0.15, 0.2) is 23.0 Å². The maximum Gasteiger partial charge on any atom is 0.274 e. The number of amides is 2. The van der Waals surface area contributed by atoms with Crippen molar-refractivity contribution < 1.29 is 9.59 Å². The van der Waals surface area contributed by atoms with Gasteiger partial charge in [-0.1, -0.05) is 0 Å². The van der Waals surface area contributed by atoms with E-state index in [0.29, 0.717) is 39.0 Å². The molecule has 0 saturated carbocycles. The van der Waals surface area contributed by atoms with Gasteiger partial charge in [0.2, 0.25) is 5.91 Å². The molecule has 1 N–H and O–H groups in total. The van der Waals surface area contributed by atoms with E-state index in [2.05, 4.69) is 20.8 Å². The van der Waals surface area contributed by atoms with Crippen LogP contribution in [0.25, 0.3) is 0 Å². The molecule has 0 bridgehead atoms. The minimum atomic E-state index is -0.342. The average molecular weight is 371 g/mol. The van der Waals surface area contributed by atoms with Crippen LogP contribution in [0.4, 0.5) is 0 Å². The van der Waals surface area contributed by atoms with Crippen molar-refractivity contribution in [2.24, 2.45) is 7.05 Å². The minimum Gasteiger partial charge on any atom is -0.352 e. The summed E-state index contributed by atoms with van der Waals surface area (Å²) >= 11 is 0. The van der Waals surface area contributed by atoms with E-state index in [1.807, 2.05) is 25.8 Å². The van der Waals surface area contributed by atoms with Gasteiger partial charge in [-0.3, -0.25) is 14.4 Å². The third-order valence-electron chi connectivity index (χ3n) is 5.26. The average Bonchev–Trinajstić information content (AvgIpc) is 2.86. The van der Waals surface area contributed by atoms with Gasteiger partial charge >= 0.3 is 0 Å². The number of nitrogens with one attached hydrogen (secondary N) is 1. The summed E-state index contributed by atoms with van der Waals surface area (Å²) in [6, 6.07) is 4.77. The van der Waals surface area contributed by atoms with Gasteiger partial charge in [-0.05, 0) is 38.0 Å². The highest BCUT2D eigenvalue weighted by atomic mass is 16.2. The fourth-order valence-electron chi connectivity index (χ4n) is 3.38. The quantitative estimate of drug-likeness (QED) is 0.857. The lowest BCUT2D eigenvalue weighted by molar-refractivity contribution is -0.130. The number of carbonyl (C=O) groups excluding carboxylic acids is 2. The van der Waals surface area contributed by atoms with E-state index in [-0.39, 0.29) is 23.1 Å². The van der Waals surface area contributed by atoms with Crippen LogP contribution in [-0.2, 0) is 18.3 Å². The van der Waals surface area contributed by atoms with Crippen LogP contribution in [0.1, 0.15) is 33.9 Å². The molecular formula is C19H25N5O3. The van der Waals surface area contributed by atoms with Crippen molar-refractivity contribution in [3.8, 4) is 0 Å². The van der Waals surface area contributed by atoms with Crippen molar-refractivity contribution in [3.05, 3.63) is 51.2 Å². The first-order valence-electron chi connectivity index (χ1n) is 9.11. The van der Waals surface area contributed by atoms with Crippen LogP contribution in [0.5, 0.6) is 0 Å². The number of hydrogen-bond donors (Lipinski definition) is 1. The van der Waals surface area contributed by atoms with Gasteiger partial charge in [-0.2, -0.15) is 5.10 Å². The Morgan fingerprint density at radius 2 is 1.81 bits per heavy atom. The Balaban J connectivity index is 1.63. The smallest absolute Gasteiger partial charge is 0.274 e. The second-order valence-electron chi connectivity index (χ2n) is 6.97. The van der Waals surface area contributed by atoms with E-state index in [9.17, 15) is 14.4 Å². The highest BCUT2D eigenvalue weighted by Gasteiger charge is 2.24. The van der Waals surface area contributed by atoms with Gasteiger partial charge in [0.1, 0.15) is 5.69 Å². The number of nitrogens with zero attached hydrogens (tertiary/aromatic N) is 4. The minimum absolute atomic E-state index is 0.0835. The van der Waals surface area contributed by atoms with E-state index in [0.717, 1.165) is 17.0 Å². The van der Waals surface area contributed by atoms with Gasteiger partial charge in [0.15, 0.2) is 0 Å². The van der Waals surface area contributed by atoms with Crippen LogP contribution in [0.3, 0.4) is 0 Å². The largest absolute Gasteiger partial charge is 0.352 e. The van der Waals surface area contributed by atoms with Crippen molar-refractivity contribution in [2.45, 2.75) is 26.7 Å². The maximum absolute atomic E-state index is 12.7. The van der Waals surface area contributed by atoms with Gasteiger partial charge in [-0.25, -0.2) is 5.10 Å². The molecule has 0 aliphatic carbocycles. The molecule has 0 unspecified atom stereocenters. The Morgan fingerprint density at radius 3 is 2.44 bits per heavy atom. The van der Waals surface area contributed by atoms with Crippen molar-refractivity contribution in [1.82, 2.24) is 24.6 Å². The molecule has 2 aromatic rings. The fourth-order valence-corrected chi connectivity index (χ4v) is 3.38. The third-order valence-corrected chi connectivity index (χ3v) is 5.26. The third kappa shape index (κ3) is 4.10. The lowest BCUT2D eigenvalue weighted by atomic mass is 10.1. The molecule has 0 atom stereocenters. The normalized spacial score (nSPS) is 14.9. The van der Waals surface area contributed by atoms with E-state index in [1.54, 1.807) is 4.90 Å². The number of carbonyl (C=O) groups is 2. The van der Waals surface area contributed by atoms with Crippen molar-refractivity contribution >= 4 is 11.8 Å². The summed E-state index contributed by atoms with van der Waals surface area (Å²) in [5, 5.41) is 6.08. The molecule has 0 aromatic carbocycles. The number of aromatic amines is 1. The lowest BCUT2D eigenvalue weighted by Gasteiger charge is -2.22. The fraction of sp³-hybridized carbons (Fsp3) is 0.474. The maximum atomic E-state index is 12.7. The molecular weight excluding hydrogens is 346 g/mol. The van der Waals surface area contributed by atoms with Crippen LogP contribution in [0.2, 0.25) is 0 Å². The van der Waals surface area contributed by atoms with Crippen molar-refractivity contribution in [3.63, 3.8) is 0 Å². The van der Waals surface area contributed by atoms with Gasteiger partial charge in [0, 0.05) is 50.7 Å².